The number of H-pyrrole nitrogens is 1. The Morgan fingerprint density at radius 2 is 1.93 bits per heavy atom. The number of halogens is 1. The van der Waals surface area contributed by atoms with Gasteiger partial charge in [0.2, 0.25) is 5.91 Å². The molecular formula is C22H23ClN4O3. The molecule has 0 saturated carbocycles. The van der Waals surface area contributed by atoms with Crippen LogP contribution in [0.25, 0.3) is 5.69 Å². The lowest BCUT2D eigenvalue weighted by Crippen LogP contribution is -2.39. The minimum Gasteiger partial charge on any atom is -0.497 e. The largest absolute Gasteiger partial charge is 0.497 e. The maximum atomic E-state index is 12.6. The Labute approximate surface area is 179 Å². The monoisotopic (exact) mass is 426 g/mol. The second kappa shape index (κ2) is 8.75. The molecule has 4 rings (SSSR count). The van der Waals surface area contributed by atoms with Crippen molar-refractivity contribution in [3.8, 4) is 11.4 Å². The van der Waals surface area contributed by atoms with Crippen molar-refractivity contribution in [2.24, 2.45) is 0 Å². The van der Waals surface area contributed by atoms with Crippen LogP contribution in [-0.2, 0) is 11.2 Å². The van der Waals surface area contributed by atoms with Gasteiger partial charge in [0.05, 0.1) is 19.2 Å². The average Bonchev–Trinajstić information content (AvgIpc) is 3.15. The fraction of sp³-hybridized carbons (Fsp3) is 0.318. The first-order chi connectivity index (χ1) is 14.5. The van der Waals surface area contributed by atoms with Crippen molar-refractivity contribution in [1.29, 1.82) is 0 Å². The topological polar surface area (TPSA) is 80.2 Å². The van der Waals surface area contributed by atoms with Crippen LogP contribution in [0.15, 0.2) is 53.3 Å². The normalized spacial score (nSPS) is 14.7. The van der Waals surface area contributed by atoms with E-state index in [1.165, 1.54) is 4.68 Å². The molecule has 1 fully saturated rings. The fourth-order valence-corrected chi connectivity index (χ4v) is 3.97. The summed E-state index contributed by atoms with van der Waals surface area (Å²) in [5.41, 5.74) is 1.32. The van der Waals surface area contributed by atoms with Crippen LogP contribution in [0.2, 0.25) is 5.02 Å². The Bertz CT molecular complexity index is 1080. The van der Waals surface area contributed by atoms with E-state index in [0.29, 0.717) is 36.0 Å². The second-order valence-electron chi connectivity index (χ2n) is 7.39. The van der Waals surface area contributed by atoms with E-state index in [1.807, 2.05) is 23.1 Å². The summed E-state index contributed by atoms with van der Waals surface area (Å²) in [5, 5.41) is 5.13. The predicted molar refractivity (Wildman–Crippen MR) is 114 cm³/mol. The molecule has 1 aliphatic rings. The number of hydrogen-bond donors (Lipinski definition) is 1. The zero-order valence-electron chi connectivity index (χ0n) is 16.7. The van der Waals surface area contributed by atoms with E-state index in [9.17, 15) is 9.59 Å². The highest BCUT2D eigenvalue weighted by atomic mass is 35.5. The molecule has 0 unspecified atom stereocenters. The van der Waals surface area contributed by atoms with E-state index in [4.69, 9.17) is 16.3 Å². The van der Waals surface area contributed by atoms with Crippen LogP contribution in [-0.4, -0.2) is 45.8 Å². The van der Waals surface area contributed by atoms with Gasteiger partial charge in [-0.1, -0.05) is 23.7 Å². The van der Waals surface area contributed by atoms with Crippen LogP contribution >= 0.6 is 11.6 Å². The van der Waals surface area contributed by atoms with E-state index >= 15 is 0 Å². The molecule has 1 aliphatic heterocycles. The van der Waals surface area contributed by atoms with E-state index in [1.54, 1.807) is 37.4 Å². The first kappa shape index (κ1) is 20.2. The average molecular weight is 427 g/mol. The van der Waals surface area contributed by atoms with Gasteiger partial charge >= 0.3 is 5.69 Å². The first-order valence-electron chi connectivity index (χ1n) is 9.89. The van der Waals surface area contributed by atoms with Gasteiger partial charge in [-0.2, -0.15) is 4.68 Å². The summed E-state index contributed by atoms with van der Waals surface area (Å²) in [7, 11) is 1.60. The number of piperidine rings is 1. The van der Waals surface area contributed by atoms with Crippen molar-refractivity contribution < 1.29 is 9.53 Å². The Balaban J connectivity index is 1.39. The number of amides is 1. The maximum Gasteiger partial charge on any atom is 0.348 e. The Morgan fingerprint density at radius 1 is 1.20 bits per heavy atom. The molecule has 30 heavy (non-hydrogen) atoms. The summed E-state index contributed by atoms with van der Waals surface area (Å²) >= 11 is 6.01. The van der Waals surface area contributed by atoms with Gasteiger partial charge in [0.15, 0.2) is 0 Å². The van der Waals surface area contributed by atoms with Gasteiger partial charge in [-0.3, -0.25) is 9.78 Å². The van der Waals surface area contributed by atoms with Crippen molar-refractivity contribution in [3.63, 3.8) is 0 Å². The van der Waals surface area contributed by atoms with Crippen LogP contribution in [0.5, 0.6) is 5.75 Å². The van der Waals surface area contributed by atoms with Gasteiger partial charge in [0, 0.05) is 24.0 Å². The van der Waals surface area contributed by atoms with E-state index in [0.717, 1.165) is 24.2 Å². The minimum absolute atomic E-state index is 0.0907. The third kappa shape index (κ3) is 4.41. The minimum atomic E-state index is -0.269. The summed E-state index contributed by atoms with van der Waals surface area (Å²) < 4.78 is 6.52. The number of likely N-dealkylation sites (tertiary alicyclic amines) is 1. The highest BCUT2D eigenvalue weighted by molar-refractivity contribution is 6.30. The molecule has 156 valence electrons. The molecule has 0 bridgehead atoms. The number of hydrogen-bond acceptors (Lipinski definition) is 4. The number of methoxy groups -OCH3 is 1. The summed E-state index contributed by atoms with van der Waals surface area (Å²) in [6, 6.07) is 14.6. The molecule has 0 spiro atoms. The summed E-state index contributed by atoms with van der Waals surface area (Å²) in [5.74, 6) is 1.59. The second-order valence-corrected chi connectivity index (χ2v) is 7.82. The predicted octanol–water partition coefficient (Wildman–Crippen LogP) is 3.17. The Kier molecular flexibility index (Phi) is 5.90. The van der Waals surface area contributed by atoms with Crippen LogP contribution < -0.4 is 10.4 Å². The zero-order valence-corrected chi connectivity index (χ0v) is 17.4. The summed E-state index contributed by atoms with van der Waals surface area (Å²) in [6.45, 7) is 1.28. The number of nitrogens with one attached hydrogen (secondary N) is 1. The molecular weight excluding hydrogens is 404 g/mol. The van der Waals surface area contributed by atoms with Gasteiger partial charge < -0.3 is 9.64 Å². The molecule has 0 radical (unpaired) electrons. The van der Waals surface area contributed by atoms with Crippen molar-refractivity contribution in [1.82, 2.24) is 19.7 Å². The van der Waals surface area contributed by atoms with Crippen LogP contribution in [0.3, 0.4) is 0 Å². The fourth-order valence-electron chi connectivity index (χ4n) is 3.76. The number of rotatable bonds is 5. The van der Waals surface area contributed by atoms with Gasteiger partial charge in [0.1, 0.15) is 11.6 Å². The van der Waals surface area contributed by atoms with Crippen LogP contribution in [0.4, 0.5) is 0 Å². The van der Waals surface area contributed by atoms with E-state index in [-0.39, 0.29) is 17.5 Å². The van der Waals surface area contributed by atoms with Crippen molar-refractivity contribution in [3.05, 3.63) is 75.4 Å². The molecule has 3 aromatic rings. The number of carbonyl (C=O) groups is 1. The lowest BCUT2D eigenvalue weighted by atomic mass is 9.95. The molecule has 1 N–H and O–H groups in total. The van der Waals surface area contributed by atoms with Crippen molar-refractivity contribution in [2.45, 2.75) is 25.2 Å². The Morgan fingerprint density at radius 3 is 2.60 bits per heavy atom. The van der Waals surface area contributed by atoms with Crippen LogP contribution in [0.1, 0.15) is 30.1 Å². The summed E-state index contributed by atoms with van der Waals surface area (Å²) in [4.78, 5) is 29.7. The van der Waals surface area contributed by atoms with Crippen molar-refractivity contribution in [2.75, 3.05) is 20.2 Å². The maximum absolute atomic E-state index is 12.6. The third-order valence-corrected chi connectivity index (χ3v) is 5.67. The summed E-state index contributed by atoms with van der Waals surface area (Å²) in [6.07, 6.45) is 1.86. The molecule has 1 aromatic heterocycles. The molecule has 2 aromatic carbocycles. The molecule has 8 heteroatoms. The first-order valence-corrected chi connectivity index (χ1v) is 10.3. The standard InChI is InChI=1S/C22H23ClN4O3/c1-30-19-7-5-18(6-8-19)27-22(29)24-21(25-27)16-9-11-26(12-10-16)20(28)14-15-3-2-4-17(23)13-15/h2-8,13,16H,9-12,14H2,1H3,(H,24,25,29). The molecule has 1 amide bonds. The number of carbonyl (C=O) groups excluding carboxylic acids is 1. The SMILES string of the molecule is COc1ccc(-n2nc(C3CCN(C(=O)Cc4cccc(Cl)c4)CC3)[nH]c2=O)cc1. The number of nitrogens with zero attached hydrogens (tertiary/aromatic N) is 3. The van der Waals surface area contributed by atoms with Gasteiger partial charge in [-0.15, -0.1) is 5.10 Å². The van der Waals surface area contributed by atoms with E-state index in [2.05, 4.69) is 10.1 Å². The quantitative estimate of drug-likeness (QED) is 0.679. The van der Waals surface area contributed by atoms with E-state index < -0.39 is 0 Å². The molecule has 0 atom stereocenters. The number of aromatic amines is 1. The lowest BCUT2D eigenvalue weighted by molar-refractivity contribution is -0.131. The zero-order chi connectivity index (χ0) is 21.1. The van der Waals surface area contributed by atoms with Crippen molar-refractivity contribution >= 4 is 17.5 Å². The molecule has 0 aliphatic carbocycles. The van der Waals surface area contributed by atoms with Gasteiger partial charge in [-0.25, -0.2) is 4.79 Å². The lowest BCUT2D eigenvalue weighted by Gasteiger charge is -2.31. The highest BCUT2D eigenvalue weighted by Crippen LogP contribution is 2.26. The molecule has 2 heterocycles. The molecule has 1 saturated heterocycles. The highest BCUT2D eigenvalue weighted by Gasteiger charge is 2.26. The number of aromatic nitrogens is 3. The van der Waals surface area contributed by atoms with Crippen LogP contribution in [0, 0.1) is 0 Å². The van der Waals surface area contributed by atoms with Gasteiger partial charge in [0.25, 0.3) is 0 Å². The smallest absolute Gasteiger partial charge is 0.348 e. The third-order valence-electron chi connectivity index (χ3n) is 5.43. The number of benzene rings is 2. The molecule has 7 nitrogen and oxygen atoms in total. The number of ether oxygens (including phenoxy) is 1. The van der Waals surface area contributed by atoms with Gasteiger partial charge in [-0.05, 0) is 54.8 Å². The Hall–Kier alpha value is -3.06.